The van der Waals surface area contributed by atoms with Gasteiger partial charge in [-0.3, -0.25) is 4.98 Å². The number of halogens is 3. The highest BCUT2D eigenvalue weighted by atomic mass is 32.2. The number of ether oxygens (including phenoxy) is 1. The first-order valence-corrected chi connectivity index (χ1v) is 19.7. The van der Waals surface area contributed by atoms with Crippen molar-refractivity contribution in [2.24, 2.45) is 5.41 Å². The number of fused-ring (bicyclic) bond motifs is 1. The number of aliphatic hydroxyl groups excluding tert-OH is 1. The molecule has 2 aromatic heterocycles. The molecule has 15 heteroatoms. The number of nitrogens with one attached hydrogen (secondary N) is 2. The summed E-state index contributed by atoms with van der Waals surface area (Å²) >= 11 is 0.766. The van der Waals surface area contributed by atoms with E-state index < -0.39 is 52.9 Å². The number of amides is 1. The van der Waals surface area contributed by atoms with Gasteiger partial charge in [0.15, 0.2) is 6.04 Å². The van der Waals surface area contributed by atoms with Gasteiger partial charge < -0.3 is 25.3 Å². The fourth-order valence-electron chi connectivity index (χ4n) is 6.19. The van der Waals surface area contributed by atoms with Crippen molar-refractivity contribution in [3.8, 4) is 0 Å². The Bertz CT molecular complexity index is 2170. The summed E-state index contributed by atoms with van der Waals surface area (Å²) in [7, 11) is -3.08. The van der Waals surface area contributed by atoms with Crippen LogP contribution in [0.5, 0.6) is 0 Å². The minimum atomic E-state index is -4.77. The Kier molecular flexibility index (Phi) is 13.0. The van der Waals surface area contributed by atoms with Crippen molar-refractivity contribution in [3.63, 3.8) is 0 Å². The molecular formula is C40H43F3N4O6S2. The largest absolute Gasteiger partial charge is 0.453 e. The number of sulfonamides is 1. The second-order valence-corrected chi connectivity index (χ2v) is 17.2. The first-order chi connectivity index (χ1) is 26.0. The summed E-state index contributed by atoms with van der Waals surface area (Å²) in [6.07, 6.45) is -3.00. The number of aromatic nitrogens is 1. The number of benzene rings is 3. The van der Waals surface area contributed by atoms with Gasteiger partial charge in [-0.2, -0.15) is 17.5 Å². The Morgan fingerprint density at radius 1 is 0.945 bits per heavy atom. The van der Waals surface area contributed by atoms with Crippen LogP contribution in [0, 0.1) is 5.41 Å². The van der Waals surface area contributed by atoms with Crippen molar-refractivity contribution in [3.05, 3.63) is 124 Å². The third-order valence-electron chi connectivity index (χ3n) is 9.09. The molecule has 0 saturated heterocycles. The zero-order chi connectivity index (χ0) is 40.0. The molecule has 0 aliphatic carbocycles. The van der Waals surface area contributed by atoms with E-state index in [0.29, 0.717) is 34.7 Å². The molecule has 5 rings (SSSR count). The van der Waals surface area contributed by atoms with E-state index in [4.69, 9.17) is 0 Å². The normalized spacial score (nSPS) is 14.6. The molecule has 0 radical (unpaired) electrons. The molecule has 4 atom stereocenters. The van der Waals surface area contributed by atoms with Gasteiger partial charge in [0.2, 0.25) is 10.0 Å². The summed E-state index contributed by atoms with van der Waals surface area (Å²) < 4.78 is 78.7. The first kappa shape index (κ1) is 41.3. The molecule has 0 spiro atoms. The van der Waals surface area contributed by atoms with Crippen molar-refractivity contribution < 1.29 is 41.0 Å². The lowest BCUT2D eigenvalue weighted by Crippen LogP contribution is -2.40. The lowest BCUT2D eigenvalue weighted by molar-refractivity contribution is -0.143. The number of alkyl carbamates (subject to hydrolysis) is 1. The summed E-state index contributed by atoms with van der Waals surface area (Å²) in [6.45, 7) is 5.19. The number of hydrogen-bond donors (Lipinski definition) is 3. The average Bonchev–Trinajstić information content (AvgIpc) is 3.64. The Balaban J connectivity index is 1.46. The zero-order valence-corrected chi connectivity index (χ0v) is 32.3. The maximum Gasteiger partial charge on any atom is 0.413 e. The van der Waals surface area contributed by atoms with Crippen LogP contribution in [0.3, 0.4) is 0 Å². The van der Waals surface area contributed by atoms with Crippen LogP contribution in [0.25, 0.3) is 10.9 Å². The van der Waals surface area contributed by atoms with Crippen molar-refractivity contribution >= 4 is 50.3 Å². The van der Waals surface area contributed by atoms with Gasteiger partial charge in [0.05, 0.1) is 36.2 Å². The summed E-state index contributed by atoms with van der Waals surface area (Å²) in [5.74, 6) is -0.677. The van der Waals surface area contributed by atoms with Gasteiger partial charge in [-0.05, 0) is 71.5 Å². The van der Waals surface area contributed by atoms with Crippen LogP contribution in [0.4, 0.5) is 23.7 Å². The van der Waals surface area contributed by atoms with Crippen LogP contribution < -0.4 is 10.6 Å². The van der Waals surface area contributed by atoms with E-state index in [1.807, 2.05) is 20.8 Å². The van der Waals surface area contributed by atoms with Crippen LogP contribution in [-0.4, -0.2) is 67.7 Å². The van der Waals surface area contributed by atoms with Crippen LogP contribution >= 0.6 is 11.3 Å². The maximum atomic E-state index is 14.8. The van der Waals surface area contributed by atoms with Gasteiger partial charge in [-0.25, -0.2) is 13.2 Å². The third kappa shape index (κ3) is 10.1. The highest BCUT2D eigenvalue weighted by molar-refractivity contribution is 7.89. The predicted molar refractivity (Wildman–Crippen MR) is 206 cm³/mol. The predicted octanol–water partition coefficient (Wildman–Crippen LogP) is 8.23. The fraction of sp³-hybridized carbons (Fsp3) is 0.325. The number of hydrogen-bond acceptors (Lipinski definition) is 9. The fourth-order valence-corrected chi connectivity index (χ4v) is 9.08. The molecule has 55 heavy (non-hydrogen) atoms. The molecular weight excluding hydrogens is 754 g/mol. The van der Waals surface area contributed by atoms with E-state index >= 15 is 0 Å². The van der Waals surface area contributed by atoms with Gasteiger partial charge in [-0.1, -0.05) is 69.3 Å². The highest BCUT2D eigenvalue weighted by Crippen LogP contribution is 2.42. The number of methoxy groups -OCH3 is 1. The van der Waals surface area contributed by atoms with E-state index in [9.17, 15) is 36.3 Å². The van der Waals surface area contributed by atoms with Crippen LogP contribution in [0.1, 0.15) is 66.1 Å². The van der Waals surface area contributed by atoms with Crippen LogP contribution in [-0.2, 0) is 19.6 Å². The number of aldehydes is 1. The van der Waals surface area contributed by atoms with Crippen molar-refractivity contribution in [1.29, 1.82) is 0 Å². The van der Waals surface area contributed by atoms with E-state index in [-0.39, 0.29) is 32.3 Å². The van der Waals surface area contributed by atoms with Gasteiger partial charge in [0.1, 0.15) is 6.29 Å². The Hall–Kier alpha value is -4.83. The zero-order valence-electron chi connectivity index (χ0n) is 30.7. The number of thiophene rings is 1. The molecule has 0 aliphatic rings. The van der Waals surface area contributed by atoms with Crippen LogP contribution in [0.15, 0.2) is 108 Å². The average molecular weight is 797 g/mol. The number of rotatable bonds is 15. The molecule has 2 heterocycles. The third-order valence-corrected chi connectivity index (χ3v) is 12.2. The molecule has 1 unspecified atom stereocenters. The van der Waals surface area contributed by atoms with E-state index in [0.717, 1.165) is 11.3 Å². The summed E-state index contributed by atoms with van der Waals surface area (Å²) in [5.41, 5.74) is 1.66. The standard InChI is InChI=1S/C40H43F3N4O6S2/c1-39(2,3)20-22-47(55(51,52)30-16-17-31-28(23-30)11-8-21-44-31)33(25-49)34-18-19-35(54-34)37(40(41,42)43)45-29-14-12-27(13-15-29)36(26-9-6-5-7-10-26)32(24-48)46-38(50)53-4/h5-19,21,23-24,32-33,36-37,45,49H,20,22,25H2,1-4H3,(H,46,50)/t32-,33-,36?,37-/m1/s1. The molecule has 1 amide bonds. The molecule has 292 valence electrons. The molecule has 10 nitrogen and oxygen atoms in total. The number of carbonyl (C=O) groups excluding carboxylic acids is 2. The van der Waals surface area contributed by atoms with E-state index in [1.165, 1.54) is 47.8 Å². The second kappa shape index (κ2) is 17.3. The molecule has 3 aromatic carbocycles. The number of alkyl halides is 3. The number of nitrogens with zero attached hydrogens (tertiary/aromatic N) is 2. The minimum absolute atomic E-state index is 0.00670. The molecule has 0 saturated carbocycles. The number of aliphatic hydroxyl groups is 1. The summed E-state index contributed by atoms with van der Waals surface area (Å²) in [5, 5.41) is 16.4. The van der Waals surface area contributed by atoms with Crippen molar-refractivity contribution in [2.45, 2.75) is 62.3 Å². The summed E-state index contributed by atoms with van der Waals surface area (Å²) in [6, 6.07) is 21.2. The van der Waals surface area contributed by atoms with Crippen LogP contribution in [0.2, 0.25) is 0 Å². The van der Waals surface area contributed by atoms with Crippen molar-refractivity contribution in [2.75, 3.05) is 25.6 Å². The first-order valence-electron chi connectivity index (χ1n) is 17.4. The van der Waals surface area contributed by atoms with Gasteiger partial charge >= 0.3 is 12.3 Å². The molecule has 0 bridgehead atoms. The SMILES string of the molecule is COC(=O)N[C@H](C=O)C(c1ccccc1)c1ccc(N[C@H](c2ccc([C@@H](CO)N(CCC(C)(C)C)S(=O)(=O)c3ccc4ncccc4c3)s2)C(F)(F)F)cc1. The Morgan fingerprint density at radius 2 is 1.62 bits per heavy atom. The van der Waals surface area contributed by atoms with E-state index in [2.05, 4.69) is 20.4 Å². The quantitative estimate of drug-likeness (QED) is 0.0902. The number of anilines is 1. The van der Waals surface area contributed by atoms with Gasteiger partial charge in [0.25, 0.3) is 0 Å². The monoisotopic (exact) mass is 796 g/mol. The van der Waals surface area contributed by atoms with Crippen molar-refractivity contribution in [1.82, 2.24) is 14.6 Å². The van der Waals surface area contributed by atoms with Gasteiger partial charge in [0, 0.05) is 39.5 Å². The smallest absolute Gasteiger partial charge is 0.413 e. The molecule has 0 fully saturated rings. The second-order valence-electron chi connectivity index (χ2n) is 14.1. The molecule has 5 aromatic rings. The van der Waals surface area contributed by atoms with E-state index in [1.54, 1.807) is 66.9 Å². The lowest BCUT2D eigenvalue weighted by atomic mass is 9.85. The maximum absolute atomic E-state index is 14.8. The minimum Gasteiger partial charge on any atom is -0.453 e. The Morgan fingerprint density at radius 3 is 2.24 bits per heavy atom. The number of pyridine rings is 1. The molecule has 0 aliphatic heterocycles. The lowest BCUT2D eigenvalue weighted by Gasteiger charge is -2.32. The Labute approximate surface area is 322 Å². The molecule has 3 N–H and O–H groups in total. The highest BCUT2D eigenvalue weighted by Gasteiger charge is 2.43. The summed E-state index contributed by atoms with van der Waals surface area (Å²) in [4.78, 5) is 28.5. The topological polar surface area (TPSA) is 138 Å². The van der Waals surface area contributed by atoms with Gasteiger partial charge in [-0.15, -0.1) is 11.3 Å². The number of carbonyl (C=O) groups is 2.